The van der Waals surface area contributed by atoms with Crippen molar-refractivity contribution < 1.29 is 19.2 Å². The summed E-state index contributed by atoms with van der Waals surface area (Å²) >= 11 is 0. The number of nitrogens with zero attached hydrogens (tertiary/aromatic N) is 1. The number of fused-ring (bicyclic) bond motifs is 1. The second-order valence-electron chi connectivity index (χ2n) is 7.49. The molecule has 5 nitrogen and oxygen atoms in total. The zero-order valence-corrected chi connectivity index (χ0v) is 17.1. The van der Waals surface area contributed by atoms with E-state index in [9.17, 15) is 9.59 Å². The van der Waals surface area contributed by atoms with Crippen LogP contribution in [0, 0.1) is 5.92 Å². The van der Waals surface area contributed by atoms with E-state index in [0.29, 0.717) is 13.2 Å². The van der Waals surface area contributed by atoms with Crippen LogP contribution in [0.15, 0.2) is 42.5 Å². The van der Waals surface area contributed by atoms with Crippen molar-refractivity contribution in [3.8, 4) is 0 Å². The van der Waals surface area contributed by atoms with Gasteiger partial charge in [0, 0.05) is 24.8 Å². The average molecular weight is 384 g/mol. The Bertz CT molecular complexity index is 822. The lowest BCUT2D eigenvalue weighted by Gasteiger charge is -2.34. The topological polar surface area (TPSA) is 51.1 Å². The van der Waals surface area contributed by atoms with Crippen LogP contribution in [0.25, 0.3) is 10.8 Å². The number of likely N-dealkylation sites (tertiary alicyclic amines) is 1. The minimum atomic E-state index is -0.137. The molecule has 1 heterocycles. The van der Waals surface area contributed by atoms with Crippen molar-refractivity contribution >= 4 is 28.3 Å². The summed E-state index contributed by atoms with van der Waals surface area (Å²) in [5, 5.41) is 2.24. The molecule has 1 saturated heterocycles. The van der Waals surface area contributed by atoms with Crippen molar-refractivity contribution in [1.82, 2.24) is 0 Å². The molecule has 1 N–H and O–H groups in total. The van der Waals surface area contributed by atoms with Crippen molar-refractivity contribution in [3.05, 3.63) is 42.5 Å². The van der Waals surface area contributed by atoms with Crippen molar-refractivity contribution in [1.29, 1.82) is 0 Å². The molecule has 3 rings (SSSR count). The average Bonchev–Trinajstić information content (AvgIpc) is 2.74. The molecule has 1 atom stereocenters. The number of benzene rings is 2. The maximum absolute atomic E-state index is 13.3. The molecule has 2 aromatic rings. The molecule has 0 saturated carbocycles. The smallest absolute Gasteiger partial charge is 0.309 e. The number of nitrogens with one attached hydrogen (secondary N) is 1. The van der Waals surface area contributed by atoms with E-state index in [0.717, 1.165) is 42.4 Å². The summed E-state index contributed by atoms with van der Waals surface area (Å²) in [5.74, 6) is 0.0289. The Labute approximate surface area is 167 Å². The zero-order valence-electron chi connectivity index (χ0n) is 17.1. The highest BCUT2D eigenvalue weighted by atomic mass is 16.5. The predicted molar refractivity (Wildman–Crippen MR) is 111 cm³/mol. The first-order chi connectivity index (χ1) is 13.6. The van der Waals surface area contributed by atoms with Gasteiger partial charge in [-0.05, 0) is 32.2 Å². The fourth-order valence-corrected chi connectivity index (χ4v) is 4.21. The highest BCUT2D eigenvalue weighted by Gasteiger charge is 2.35. The molecule has 0 bridgehead atoms. The van der Waals surface area contributed by atoms with Crippen LogP contribution in [0.3, 0.4) is 0 Å². The Morgan fingerprint density at radius 3 is 2.46 bits per heavy atom. The fourth-order valence-electron chi connectivity index (χ4n) is 4.21. The molecule has 1 amide bonds. The van der Waals surface area contributed by atoms with Crippen LogP contribution in [0.5, 0.6) is 0 Å². The van der Waals surface area contributed by atoms with Gasteiger partial charge in [-0.15, -0.1) is 0 Å². The van der Waals surface area contributed by atoms with E-state index in [1.165, 1.54) is 4.90 Å². The van der Waals surface area contributed by atoms with Crippen LogP contribution < -0.4 is 9.80 Å². The summed E-state index contributed by atoms with van der Waals surface area (Å²) in [6.45, 7) is 8.58. The first-order valence-electron chi connectivity index (χ1n) is 10.4. The molecule has 0 unspecified atom stereocenters. The SMILES string of the molecule is CCOC(=O)C1CC[NH+]([C@@H](C)C(=O)N(CC)c2cccc3ccccc23)CC1. The number of carbonyl (C=O) groups excluding carboxylic acids is 2. The van der Waals surface area contributed by atoms with Crippen molar-refractivity contribution in [2.24, 2.45) is 5.92 Å². The van der Waals surface area contributed by atoms with Crippen molar-refractivity contribution in [2.45, 2.75) is 39.7 Å². The van der Waals surface area contributed by atoms with E-state index in [4.69, 9.17) is 4.74 Å². The van der Waals surface area contributed by atoms with E-state index in [2.05, 4.69) is 18.2 Å². The molecule has 0 aliphatic carbocycles. The van der Waals surface area contributed by atoms with Gasteiger partial charge in [-0.25, -0.2) is 0 Å². The summed E-state index contributed by atoms with van der Waals surface area (Å²) in [6, 6.07) is 14.2. The third kappa shape index (κ3) is 4.20. The zero-order chi connectivity index (χ0) is 20.1. The predicted octanol–water partition coefficient (Wildman–Crippen LogP) is 2.44. The quantitative estimate of drug-likeness (QED) is 0.780. The van der Waals surface area contributed by atoms with Crippen LogP contribution in [0.1, 0.15) is 33.6 Å². The second kappa shape index (κ2) is 9.20. The number of hydrogen-bond acceptors (Lipinski definition) is 3. The van der Waals surface area contributed by atoms with E-state index in [1.54, 1.807) is 0 Å². The Kier molecular flexibility index (Phi) is 6.68. The number of rotatable bonds is 6. The number of esters is 1. The van der Waals surface area contributed by atoms with Gasteiger partial charge < -0.3 is 14.5 Å². The number of likely N-dealkylation sites (N-methyl/N-ethyl adjacent to an activating group) is 1. The summed E-state index contributed by atoms with van der Waals surface area (Å²) in [4.78, 5) is 28.5. The molecule has 0 aromatic heterocycles. The molecule has 150 valence electrons. The molecule has 0 spiro atoms. The lowest BCUT2D eigenvalue weighted by molar-refractivity contribution is -0.919. The lowest BCUT2D eigenvalue weighted by Crippen LogP contribution is -3.17. The summed E-state index contributed by atoms with van der Waals surface area (Å²) in [5.41, 5.74) is 0.971. The van der Waals surface area contributed by atoms with Crippen molar-refractivity contribution in [3.63, 3.8) is 0 Å². The summed E-state index contributed by atoms with van der Waals surface area (Å²) in [7, 11) is 0. The van der Waals surface area contributed by atoms with Gasteiger partial charge in [0.1, 0.15) is 0 Å². The van der Waals surface area contributed by atoms with Crippen LogP contribution >= 0.6 is 0 Å². The minimum Gasteiger partial charge on any atom is -0.466 e. The molecule has 0 radical (unpaired) electrons. The number of piperidine rings is 1. The second-order valence-corrected chi connectivity index (χ2v) is 7.49. The van der Waals surface area contributed by atoms with Crippen LogP contribution in [-0.4, -0.2) is 44.2 Å². The number of hydrogen-bond donors (Lipinski definition) is 1. The Hall–Kier alpha value is -2.40. The maximum atomic E-state index is 13.3. The molecule has 2 aromatic carbocycles. The first-order valence-corrected chi connectivity index (χ1v) is 10.4. The van der Waals surface area contributed by atoms with Gasteiger partial charge in [-0.3, -0.25) is 9.59 Å². The lowest BCUT2D eigenvalue weighted by atomic mass is 9.96. The Balaban J connectivity index is 1.72. The molecule has 1 aliphatic heterocycles. The largest absolute Gasteiger partial charge is 0.466 e. The third-order valence-electron chi connectivity index (χ3n) is 5.87. The number of ether oxygens (including phenoxy) is 1. The number of carbonyl (C=O) groups is 2. The first kappa shape index (κ1) is 20.3. The molecule has 28 heavy (non-hydrogen) atoms. The normalized spacial score (nSPS) is 20.5. The van der Waals surface area contributed by atoms with Gasteiger partial charge in [0.05, 0.1) is 31.3 Å². The van der Waals surface area contributed by atoms with E-state index in [1.807, 2.05) is 49.9 Å². The summed E-state index contributed by atoms with van der Waals surface area (Å²) < 4.78 is 5.16. The number of anilines is 1. The van der Waals surface area contributed by atoms with Crippen molar-refractivity contribution in [2.75, 3.05) is 31.1 Å². The van der Waals surface area contributed by atoms with E-state index in [-0.39, 0.29) is 23.8 Å². The van der Waals surface area contributed by atoms with Gasteiger partial charge in [0.2, 0.25) is 0 Å². The fraction of sp³-hybridized carbons (Fsp3) is 0.478. The monoisotopic (exact) mass is 383 g/mol. The van der Waals surface area contributed by atoms with E-state index >= 15 is 0 Å². The van der Waals surface area contributed by atoms with Gasteiger partial charge in [-0.2, -0.15) is 0 Å². The minimum absolute atomic E-state index is 0.0219. The number of quaternary nitrogens is 1. The van der Waals surface area contributed by atoms with Gasteiger partial charge >= 0.3 is 5.97 Å². The third-order valence-corrected chi connectivity index (χ3v) is 5.87. The highest BCUT2D eigenvalue weighted by Crippen LogP contribution is 2.27. The summed E-state index contributed by atoms with van der Waals surface area (Å²) in [6.07, 6.45) is 1.57. The highest BCUT2D eigenvalue weighted by molar-refractivity contribution is 6.04. The molecule has 5 heteroatoms. The van der Waals surface area contributed by atoms with Crippen LogP contribution in [0.2, 0.25) is 0 Å². The maximum Gasteiger partial charge on any atom is 0.309 e. The molecule has 1 fully saturated rings. The van der Waals surface area contributed by atoms with Gasteiger partial charge in [-0.1, -0.05) is 36.4 Å². The Morgan fingerprint density at radius 2 is 1.79 bits per heavy atom. The molecule has 1 aliphatic rings. The van der Waals surface area contributed by atoms with Crippen LogP contribution in [-0.2, 0) is 14.3 Å². The molecular formula is C23H31N2O3+. The number of amides is 1. The van der Waals surface area contributed by atoms with E-state index < -0.39 is 0 Å². The Morgan fingerprint density at radius 1 is 1.11 bits per heavy atom. The van der Waals surface area contributed by atoms with Gasteiger partial charge in [0.25, 0.3) is 5.91 Å². The standard InChI is InChI=1S/C23H30N2O3/c1-4-25(21-12-8-10-18-9-6-7-11-20(18)21)22(26)17(3)24-15-13-19(14-16-24)23(27)28-5-2/h6-12,17,19H,4-5,13-16H2,1-3H3/p+1/t17-/m0/s1. The van der Waals surface area contributed by atoms with Crippen LogP contribution in [0.4, 0.5) is 5.69 Å². The van der Waals surface area contributed by atoms with Gasteiger partial charge in [0.15, 0.2) is 6.04 Å². The molecular weight excluding hydrogens is 352 g/mol.